The fraction of sp³-hybridized carbons (Fsp3) is 0.647. The Bertz CT molecular complexity index is 351. The van der Waals surface area contributed by atoms with Gasteiger partial charge in [-0.2, -0.15) is 0 Å². The van der Waals surface area contributed by atoms with Crippen molar-refractivity contribution in [3.63, 3.8) is 0 Å². The van der Waals surface area contributed by atoms with Crippen LogP contribution in [0.15, 0.2) is 24.3 Å². The van der Waals surface area contributed by atoms with Gasteiger partial charge in [-0.1, -0.05) is 32.9 Å². The smallest absolute Gasteiger partial charge is 0.119 e. The molecule has 0 saturated carbocycles. The van der Waals surface area contributed by atoms with Crippen molar-refractivity contribution in [3.05, 3.63) is 29.8 Å². The minimum absolute atomic E-state index is 0.792. The monoisotopic (exact) mass is 278 g/mol. The maximum absolute atomic E-state index is 5.65. The van der Waals surface area contributed by atoms with Crippen LogP contribution in [0, 0.1) is 0 Å². The summed E-state index contributed by atoms with van der Waals surface area (Å²) < 4.78 is 5.65. The van der Waals surface area contributed by atoms with Crippen molar-refractivity contribution in [3.8, 4) is 5.75 Å². The van der Waals surface area contributed by atoms with Crippen LogP contribution < -0.4 is 10.1 Å². The molecule has 3 heteroatoms. The molecule has 0 atom stereocenters. The Hall–Kier alpha value is -1.06. The summed E-state index contributed by atoms with van der Waals surface area (Å²) >= 11 is 0. The van der Waals surface area contributed by atoms with E-state index in [9.17, 15) is 0 Å². The van der Waals surface area contributed by atoms with Gasteiger partial charge in [-0.3, -0.25) is 0 Å². The first-order valence-corrected chi connectivity index (χ1v) is 7.94. The molecule has 114 valence electrons. The predicted molar refractivity (Wildman–Crippen MR) is 86.3 cm³/mol. The molecule has 1 aromatic rings. The Morgan fingerprint density at radius 3 is 2.65 bits per heavy atom. The van der Waals surface area contributed by atoms with E-state index in [1.54, 1.807) is 0 Å². The van der Waals surface area contributed by atoms with Crippen LogP contribution in [0.4, 0.5) is 0 Å². The highest BCUT2D eigenvalue weighted by molar-refractivity contribution is 5.28. The Morgan fingerprint density at radius 1 is 1.15 bits per heavy atom. The molecule has 0 aromatic heterocycles. The summed E-state index contributed by atoms with van der Waals surface area (Å²) in [4.78, 5) is 2.46. The van der Waals surface area contributed by atoms with E-state index in [1.807, 2.05) is 6.07 Å². The molecule has 0 aliphatic rings. The van der Waals surface area contributed by atoms with Gasteiger partial charge in [0, 0.05) is 6.54 Å². The van der Waals surface area contributed by atoms with E-state index in [1.165, 1.54) is 18.5 Å². The normalized spacial score (nSPS) is 11.0. The summed E-state index contributed by atoms with van der Waals surface area (Å²) in [6.45, 7) is 12.8. The molecule has 0 spiro atoms. The highest BCUT2D eigenvalue weighted by atomic mass is 16.5. The van der Waals surface area contributed by atoms with E-state index < -0.39 is 0 Å². The molecule has 0 bridgehead atoms. The molecule has 1 aromatic carbocycles. The fourth-order valence-electron chi connectivity index (χ4n) is 2.17. The molecule has 0 radical (unpaired) electrons. The van der Waals surface area contributed by atoms with Gasteiger partial charge in [0.1, 0.15) is 5.75 Å². The van der Waals surface area contributed by atoms with Gasteiger partial charge in [0.05, 0.1) is 6.61 Å². The highest BCUT2D eigenvalue weighted by Gasteiger charge is 1.99. The predicted octanol–water partition coefficient (Wildman–Crippen LogP) is 3.30. The molecule has 0 heterocycles. The lowest BCUT2D eigenvalue weighted by Gasteiger charge is -2.17. The van der Waals surface area contributed by atoms with Crippen LogP contribution in [0.1, 0.15) is 39.2 Å². The van der Waals surface area contributed by atoms with E-state index >= 15 is 0 Å². The summed E-state index contributed by atoms with van der Waals surface area (Å²) in [6, 6.07) is 8.38. The number of nitrogens with zero attached hydrogens (tertiary/aromatic N) is 1. The lowest BCUT2D eigenvalue weighted by atomic mass is 10.2. The molecule has 0 fully saturated rings. The molecule has 1 N–H and O–H groups in total. The minimum atomic E-state index is 0.792. The van der Waals surface area contributed by atoms with Crippen molar-refractivity contribution in [1.82, 2.24) is 10.2 Å². The number of ether oxygens (including phenoxy) is 1. The average molecular weight is 278 g/mol. The van der Waals surface area contributed by atoms with E-state index in [4.69, 9.17) is 4.74 Å². The highest BCUT2D eigenvalue weighted by Crippen LogP contribution is 2.13. The Labute approximate surface area is 124 Å². The second kappa shape index (κ2) is 10.7. The van der Waals surface area contributed by atoms with Gasteiger partial charge < -0.3 is 15.0 Å². The van der Waals surface area contributed by atoms with Gasteiger partial charge in [0.15, 0.2) is 0 Å². The second-order valence-corrected chi connectivity index (χ2v) is 5.05. The number of nitrogens with one attached hydrogen (secondary N) is 1. The third kappa shape index (κ3) is 6.92. The van der Waals surface area contributed by atoms with Gasteiger partial charge in [-0.15, -0.1) is 0 Å². The van der Waals surface area contributed by atoms with E-state index in [0.717, 1.165) is 45.0 Å². The molecule has 0 aliphatic heterocycles. The summed E-state index contributed by atoms with van der Waals surface area (Å²) in [6.07, 6.45) is 2.25. The van der Waals surface area contributed by atoms with E-state index in [-0.39, 0.29) is 0 Å². The van der Waals surface area contributed by atoms with E-state index in [2.05, 4.69) is 49.2 Å². The van der Waals surface area contributed by atoms with Crippen molar-refractivity contribution in [2.24, 2.45) is 0 Å². The van der Waals surface area contributed by atoms with Gasteiger partial charge in [-0.05, 0) is 56.7 Å². The standard InChI is InChI=1S/C17H30N2O/c1-4-13-20-17-10-7-9-16(14-17)15-18-11-8-12-19(5-2)6-3/h7,9-10,14,18H,4-6,8,11-13,15H2,1-3H3. The average Bonchev–Trinajstić information content (AvgIpc) is 2.49. The Balaban J connectivity index is 2.21. The van der Waals surface area contributed by atoms with Crippen LogP contribution in [-0.2, 0) is 6.54 Å². The van der Waals surface area contributed by atoms with E-state index in [0.29, 0.717) is 0 Å². The van der Waals surface area contributed by atoms with Crippen molar-refractivity contribution in [1.29, 1.82) is 0 Å². The number of rotatable bonds is 11. The lowest BCUT2D eigenvalue weighted by Crippen LogP contribution is -2.27. The van der Waals surface area contributed by atoms with Gasteiger partial charge >= 0.3 is 0 Å². The van der Waals surface area contributed by atoms with Crippen molar-refractivity contribution in [2.75, 3.05) is 32.8 Å². The zero-order valence-corrected chi connectivity index (χ0v) is 13.3. The molecule has 1 rings (SSSR count). The summed E-state index contributed by atoms with van der Waals surface area (Å²) in [5, 5.41) is 3.51. The van der Waals surface area contributed by atoms with Crippen LogP contribution in [0.25, 0.3) is 0 Å². The largest absolute Gasteiger partial charge is 0.494 e. The third-order valence-corrected chi connectivity index (χ3v) is 3.42. The first-order valence-electron chi connectivity index (χ1n) is 7.94. The number of benzene rings is 1. The fourth-order valence-corrected chi connectivity index (χ4v) is 2.17. The Kier molecular flexibility index (Phi) is 9.09. The van der Waals surface area contributed by atoms with Gasteiger partial charge in [0.25, 0.3) is 0 Å². The van der Waals surface area contributed by atoms with Crippen LogP contribution >= 0.6 is 0 Å². The second-order valence-electron chi connectivity index (χ2n) is 5.05. The summed E-state index contributed by atoms with van der Waals surface area (Å²) in [7, 11) is 0. The summed E-state index contributed by atoms with van der Waals surface area (Å²) in [5.74, 6) is 0.981. The van der Waals surface area contributed by atoms with Gasteiger partial charge in [0.2, 0.25) is 0 Å². The SMILES string of the molecule is CCCOc1cccc(CNCCCN(CC)CC)c1. The summed E-state index contributed by atoms with van der Waals surface area (Å²) in [5.41, 5.74) is 1.29. The van der Waals surface area contributed by atoms with Gasteiger partial charge in [-0.25, -0.2) is 0 Å². The van der Waals surface area contributed by atoms with Crippen molar-refractivity contribution in [2.45, 2.75) is 40.2 Å². The molecule has 3 nitrogen and oxygen atoms in total. The molecular formula is C17H30N2O. The molecule has 0 amide bonds. The molecule has 0 unspecified atom stereocenters. The van der Waals surface area contributed by atoms with Crippen molar-refractivity contribution >= 4 is 0 Å². The van der Waals surface area contributed by atoms with Crippen LogP contribution in [0.2, 0.25) is 0 Å². The zero-order chi connectivity index (χ0) is 14.6. The quantitative estimate of drug-likeness (QED) is 0.629. The minimum Gasteiger partial charge on any atom is -0.494 e. The first-order chi connectivity index (χ1) is 9.80. The molecular weight excluding hydrogens is 248 g/mol. The van der Waals surface area contributed by atoms with Crippen molar-refractivity contribution < 1.29 is 4.74 Å². The molecule has 0 aliphatic carbocycles. The number of hydrogen-bond donors (Lipinski definition) is 1. The maximum atomic E-state index is 5.65. The Morgan fingerprint density at radius 2 is 1.95 bits per heavy atom. The molecule has 0 saturated heterocycles. The lowest BCUT2D eigenvalue weighted by molar-refractivity contribution is 0.298. The third-order valence-electron chi connectivity index (χ3n) is 3.42. The van der Waals surface area contributed by atoms with Crippen LogP contribution in [-0.4, -0.2) is 37.7 Å². The molecule has 20 heavy (non-hydrogen) atoms. The first kappa shape index (κ1) is 17.0. The number of hydrogen-bond acceptors (Lipinski definition) is 3. The van der Waals surface area contributed by atoms with Crippen LogP contribution in [0.5, 0.6) is 5.75 Å². The van der Waals surface area contributed by atoms with Crippen LogP contribution in [0.3, 0.4) is 0 Å². The maximum Gasteiger partial charge on any atom is 0.119 e. The zero-order valence-electron chi connectivity index (χ0n) is 13.3. The topological polar surface area (TPSA) is 24.5 Å².